The van der Waals surface area contributed by atoms with Gasteiger partial charge in [-0.3, -0.25) is 14.5 Å². The number of rotatable bonds is 7. The molecule has 1 saturated heterocycles. The van der Waals surface area contributed by atoms with Crippen molar-refractivity contribution >= 4 is 29.0 Å². The molecule has 0 atom stereocenters. The maximum atomic E-state index is 12.9. The molecule has 4 rings (SSSR count). The number of nitrogens with zero attached hydrogens (tertiary/aromatic N) is 2. The molecule has 0 radical (unpaired) electrons. The number of hydrogen-bond donors (Lipinski definition) is 0. The Bertz CT molecular complexity index is 1230. The second-order valence-electron chi connectivity index (χ2n) is 7.83. The fraction of sp³-hybridized carbons (Fsp3) is 0.231. The lowest BCUT2D eigenvalue weighted by Crippen LogP contribution is -2.32. The lowest BCUT2D eigenvalue weighted by molar-refractivity contribution is -0.123. The molecule has 0 unspecified atom stereocenters. The average Bonchev–Trinajstić information content (AvgIpc) is 3.23. The van der Waals surface area contributed by atoms with Crippen molar-refractivity contribution < 1.29 is 19.1 Å². The maximum Gasteiger partial charge on any atom is 0.293 e. The summed E-state index contributed by atoms with van der Waals surface area (Å²) in [6.07, 6.45) is 1.79. The van der Waals surface area contributed by atoms with Crippen LogP contribution in [0.1, 0.15) is 22.5 Å². The van der Waals surface area contributed by atoms with Crippen LogP contribution in [0.3, 0.4) is 0 Å². The molecule has 3 aromatic rings. The summed E-state index contributed by atoms with van der Waals surface area (Å²) in [4.78, 5) is 27.1. The van der Waals surface area contributed by atoms with E-state index in [-0.39, 0.29) is 24.3 Å². The number of benzene rings is 2. The minimum absolute atomic E-state index is 0.204. The summed E-state index contributed by atoms with van der Waals surface area (Å²) < 4.78 is 13.3. The minimum atomic E-state index is -0.292. The third kappa shape index (κ3) is 4.68. The molecule has 2 heterocycles. The molecule has 7 heteroatoms. The number of imide groups is 1. The van der Waals surface area contributed by atoms with Crippen molar-refractivity contribution in [3.05, 3.63) is 82.0 Å². The third-order valence-electron chi connectivity index (χ3n) is 5.56. The van der Waals surface area contributed by atoms with Gasteiger partial charge in [-0.2, -0.15) is 0 Å². The highest BCUT2D eigenvalue weighted by molar-refractivity contribution is 8.18. The fourth-order valence-electron chi connectivity index (χ4n) is 3.84. The van der Waals surface area contributed by atoms with Gasteiger partial charge < -0.3 is 14.0 Å². The Morgan fingerprint density at radius 1 is 1.00 bits per heavy atom. The van der Waals surface area contributed by atoms with Crippen LogP contribution in [-0.2, 0) is 4.79 Å². The molecule has 0 N–H and O–H groups in total. The Balaban J connectivity index is 1.51. The largest absolute Gasteiger partial charge is 0.495 e. The lowest BCUT2D eigenvalue weighted by atomic mass is 10.2. The average molecular weight is 463 g/mol. The van der Waals surface area contributed by atoms with Crippen LogP contribution in [0.2, 0.25) is 0 Å². The molecule has 1 aromatic heterocycles. The third-order valence-corrected chi connectivity index (χ3v) is 6.47. The van der Waals surface area contributed by atoms with E-state index < -0.39 is 0 Å². The molecule has 0 spiro atoms. The van der Waals surface area contributed by atoms with Gasteiger partial charge in [0.1, 0.15) is 18.1 Å². The first-order chi connectivity index (χ1) is 15.9. The molecule has 1 aliphatic rings. The summed E-state index contributed by atoms with van der Waals surface area (Å²) in [5.41, 5.74) is 4.93. The van der Waals surface area contributed by atoms with E-state index in [9.17, 15) is 9.59 Å². The summed E-state index contributed by atoms with van der Waals surface area (Å²) in [6.45, 7) is 6.45. The van der Waals surface area contributed by atoms with E-state index in [1.165, 1.54) is 4.90 Å². The first-order valence-electron chi connectivity index (χ1n) is 10.7. The topological polar surface area (TPSA) is 60.8 Å². The molecule has 33 heavy (non-hydrogen) atoms. The monoisotopic (exact) mass is 462 g/mol. The molecule has 170 valence electrons. The number of carbonyl (C=O) groups excluding carboxylic acids is 2. The smallest absolute Gasteiger partial charge is 0.293 e. The summed E-state index contributed by atoms with van der Waals surface area (Å²) in [7, 11) is 1.65. The number of ether oxygens (including phenoxy) is 2. The molecule has 0 saturated carbocycles. The number of aryl methyl sites for hydroxylation is 2. The van der Waals surface area contributed by atoms with Crippen LogP contribution in [0.15, 0.2) is 59.5 Å². The first-order valence-corrected chi connectivity index (χ1v) is 11.5. The Labute approximate surface area is 197 Å². The predicted octanol–water partition coefficient (Wildman–Crippen LogP) is 5.53. The van der Waals surface area contributed by atoms with Crippen molar-refractivity contribution in [2.75, 3.05) is 20.3 Å². The molecule has 6 nitrogen and oxygen atoms in total. The van der Waals surface area contributed by atoms with Crippen molar-refractivity contribution in [2.24, 2.45) is 0 Å². The normalized spacial score (nSPS) is 14.9. The zero-order valence-electron chi connectivity index (χ0n) is 19.1. The minimum Gasteiger partial charge on any atom is -0.495 e. The van der Waals surface area contributed by atoms with Gasteiger partial charge in [0.15, 0.2) is 0 Å². The van der Waals surface area contributed by atoms with E-state index >= 15 is 0 Å². The molecule has 2 aromatic carbocycles. The van der Waals surface area contributed by atoms with Crippen molar-refractivity contribution in [1.29, 1.82) is 0 Å². The Morgan fingerprint density at radius 3 is 2.45 bits per heavy atom. The van der Waals surface area contributed by atoms with Gasteiger partial charge in [-0.25, -0.2) is 0 Å². The zero-order valence-corrected chi connectivity index (χ0v) is 19.9. The van der Waals surface area contributed by atoms with Gasteiger partial charge in [0.05, 0.1) is 24.2 Å². The molecule has 1 fully saturated rings. The van der Waals surface area contributed by atoms with Gasteiger partial charge in [0, 0.05) is 11.4 Å². The highest BCUT2D eigenvalue weighted by Crippen LogP contribution is 2.34. The number of aromatic nitrogens is 1. The van der Waals surface area contributed by atoms with Gasteiger partial charge in [-0.05, 0) is 74.5 Å². The zero-order chi connectivity index (χ0) is 23.5. The van der Waals surface area contributed by atoms with Crippen LogP contribution in [0.25, 0.3) is 11.8 Å². The molecular weight excluding hydrogens is 436 g/mol. The SMILES string of the molecule is COc1ccccc1-n1c(C)cc(/C=C2\SC(=O)N(CCOc3ccc(C)cc3)C2=O)c1C. The number of amides is 2. The number of carbonyl (C=O) groups is 2. The van der Waals surface area contributed by atoms with E-state index in [2.05, 4.69) is 4.57 Å². The van der Waals surface area contributed by atoms with Crippen molar-refractivity contribution in [1.82, 2.24) is 9.47 Å². The predicted molar refractivity (Wildman–Crippen MR) is 131 cm³/mol. The van der Waals surface area contributed by atoms with Crippen molar-refractivity contribution in [3.8, 4) is 17.2 Å². The quantitative estimate of drug-likeness (QED) is 0.432. The van der Waals surface area contributed by atoms with Crippen LogP contribution < -0.4 is 9.47 Å². The Morgan fingerprint density at radius 2 is 1.73 bits per heavy atom. The van der Waals surface area contributed by atoms with E-state index in [4.69, 9.17) is 9.47 Å². The number of thioether (sulfide) groups is 1. The van der Waals surface area contributed by atoms with Gasteiger partial charge in [-0.15, -0.1) is 0 Å². The van der Waals surface area contributed by atoms with E-state index in [0.717, 1.165) is 45.7 Å². The number of methoxy groups -OCH3 is 1. The summed E-state index contributed by atoms with van der Waals surface area (Å²) in [5.74, 6) is 1.19. The summed E-state index contributed by atoms with van der Waals surface area (Å²) in [5, 5.41) is -0.280. The second kappa shape index (κ2) is 9.58. The second-order valence-corrected chi connectivity index (χ2v) is 8.82. The molecule has 0 aliphatic carbocycles. The molecule has 0 bridgehead atoms. The van der Waals surface area contributed by atoms with Crippen LogP contribution in [0.5, 0.6) is 11.5 Å². The van der Waals surface area contributed by atoms with Crippen LogP contribution in [0, 0.1) is 20.8 Å². The van der Waals surface area contributed by atoms with Gasteiger partial charge >= 0.3 is 0 Å². The highest BCUT2D eigenvalue weighted by Gasteiger charge is 2.35. The highest BCUT2D eigenvalue weighted by atomic mass is 32.2. The van der Waals surface area contributed by atoms with Gasteiger partial charge in [0.25, 0.3) is 11.1 Å². The number of para-hydroxylation sites is 2. The Kier molecular flexibility index (Phi) is 6.60. The molecule has 2 amide bonds. The summed E-state index contributed by atoms with van der Waals surface area (Å²) >= 11 is 0.961. The Hall–Kier alpha value is -3.45. The molecule has 1 aliphatic heterocycles. The van der Waals surface area contributed by atoms with Crippen molar-refractivity contribution in [2.45, 2.75) is 20.8 Å². The van der Waals surface area contributed by atoms with Crippen LogP contribution >= 0.6 is 11.8 Å². The summed E-state index contributed by atoms with van der Waals surface area (Å²) in [6, 6.07) is 17.5. The van der Waals surface area contributed by atoms with Crippen molar-refractivity contribution in [3.63, 3.8) is 0 Å². The van der Waals surface area contributed by atoms with E-state index in [1.54, 1.807) is 13.2 Å². The fourth-order valence-corrected chi connectivity index (χ4v) is 4.70. The lowest BCUT2D eigenvalue weighted by Gasteiger charge is -2.14. The van der Waals surface area contributed by atoms with E-state index in [1.807, 2.05) is 75.4 Å². The standard InChI is InChI=1S/C26H26N2O4S/c1-17-9-11-21(12-10-17)32-14-13-27-25(29)24(33-26(27)30)16-20-15-18(2)28(19(20)3)22-7-5-6-8-23(22)31-4/h5-12,15-16H,13-14H2,1-4H3/b24-16-. The van der Waals surface area contributed by atoms with Gasteiger partial charge in [0.2, 0.25) is 0 Å². The van der Waals surface area contributed by atoms with Gasteiger partial charge in [-0.1, -0.05) is 29.8 Å². The van der Waals surface area contributed by atoms with E-state index in [0.29, 0.717) is 10.7 Å². The van der Waals surface area contributed by atoms with Crippen LogP contribution in [0.4, 0.5) is 4.79 Å². The van der Waals surface area contributed by atoms with Crippen LogP contribution in [-0.4, -0.2) is 40.9 Å². The maximum absolute atomic E-state index is 12.9. The number of hydrogen-bond acceptors (Lipinski definition) is 5. The molecular formula is C26H26N2O4S. The first kappa shape index (κ1) is 22.7.